The number of nitrogens with one attached hydrogen (secondary N) is 1. The minimum Gasteiger partial charge on any atom is -0.350 e. The number of aromatic nitrogens is 2. The van der Waals surface area contributed by atoms with Crippen molar-refractivity contribution in [3.8, 4) is 16.9 Å². The summed E-state index contributed by atoms with van der Waals surface area (Å²) in [5, 5.41) is 12.1. The molecule has 0 saturated carbocycles. The Morgan fingerprint density at radius 1 is 1.05 bits per heavy atom. The van der Waals surface area contributed by atoms with Crippen molar-refractivity contribution in [2.24, 2.45) is 0 Å². The molecule has 0 aliphatic carbocycles. The Bertz CT molecular complexity index is 1730. The number of rotatable bonds is 7. The normalized spacial score (nSPS) is 14.9. The SMILES string of the molecule is Cc1ccc(-n2nc(-c3ccccc3)c3c2N(CC(=O)NCc2ccc(F)cc2)C(=O)CS[C@@H]3c2ccsc2)c(C)c1. The van der Waals surface area contributed by atoms with E-state index in [-0.39, 0.29) is 41.7 Å². The number of hydrogen-bond acceptors (Lipinski definition) is 5. The van der Waals surface area contributed by atoms with E-state index in [9.17, 15) is 14.0 Å². The first-order chi connectivity index (χ1) is 20.4. The molecule has 1 N–H and O–H groups in total. The molecule has 1 aliphatic heterocycles. The summed E-state index contributed by atoms with van der Waals surface area (Å²) in [6, 6.07) is 24.2. The van der Waals surface area contributed by atoms with Crippen LogP contribution in [0.15, 0.2) is 89.6 Å². The summed E-state index contributed by atoms with van der Waals surface area (Å²) in [6.45, 7) is 4.13. The predicted molar refractivity (Wildman–Crippen MR) is 168 cm³/mol. The molecule has 0 saturated heterocycles. The van der Waals surface area contributed by atoms with Crippen LogP contribution >= 0.6 is 23.1 Å². The van der Waals surface area contributed by atoms with E-state index in [1.165, 1.54) is 12.1 Å². The van der Waals surface area contributed by atoms with E-state index in [0.29, 0.717) is 5.82 Å². The molecular formula is C33H29FN4O2S2. The number of aryl methyl sites for hydroxylation is 2. The van der Waals surface area contributed by atoms with Crippen molar-refractivity contribution in [2.75, 3.05) is 17.2 Å². The molecule has 3 aromatic carbocycles. The molecule has 1 aliphatic rings. The molecule has 6 rings (SSSR count). The average Bonchev–Trinajstić information content (AvgIpc) is 3.63. The third-order valence-electron chi connectivity index (χ3n) is 7.27. The third kappa shape index (κ3) is 5.62. The van der Waals surface area contributed by atoms with Crippen LogP contribution in [-0.2, 0) is 16.1 Å². The lowest BCUT2D eigenvalue weighted by Gasteiger charge is -2.23. The molecule has 5 aromatic rings. The number of fused-ring (bicyclic) bond motifs is 1. The largest absolute Gasteiger partial charge is 0.350 e. The van der Waals surface area contributed by atoms with Crippen molar-refractivity contribution >= 4 is 40.7 Å². The first kappa shape index (κ1) is 27.9. The van der Waals surface area contributed by atoms with Crippen LogP contribution in [0.3, 0.4) is 0 Å². The quantitative estimate of drug-likeness (QED) is 0.223. The number of thiophene rings is 1. The van der Waals surface area contributed by atoms with Crippen molar-refractivity contribution in [3.63, 3.8) is 0 Å². The summed E-state index contributed by atoms with van der Waals surface area (Å²) < 4.78 is 15.2. The van der Waals surface area contributed by atoms with Gasteiger partial charge < -0.3 is 5.32 Å². The van der Waals surface area contributed by atoms with Crippen molar-refractivity contribution < 1.29 is 14.0 Å². The van der Waals surface area contributed by atoms with Crippen molar-refractivity contribution in [2.45, 2.75) is 25.6 Å². The van der Waals surface area contributed by atoms with Gasteiger partial charge in [0.2, 0.25) is 11.8 Å². The number of benzene rings is 3. The van der Waals surface area contributed by atoms with Crippen LogP contribution in [0.5, 0.6) is 0 Å². The first-order valence-corrected chi connectivity index (χ1v) is 15.6. The maximum Gasteiger partial charge on any atom is 0.240 e. The Labute approximate surface area is 252 Å². The van der Waals surface area contributed by atoms with E-state index in [1.54, 1.807) is 40.1 Å². The van der Waals surface area contributed by atoms with E-state index >= 15 is 0 Å². The zero-order valence-corrected chi connectivity index (χ0v) is 24.8. The van der Waals surface area contributed by atoms with Gasteiger partial charge in [-0.25, -0.2) is 9.07 Å². The molecule has 0 spiro atoms. The van der Waals surface area contributed by atoms with E-state index in [4.69, 9.17) is 5.10 Å². The van der Waals surface area contributed by atoms with Gasteiger partial charge in [0.15, 0.2) is 0 Å². The maximum atomic E-state index is 13.9. The molecule has 3 heterocycles. The van der Waals surface area contributed by atoms with Gasteiger partial charge >= 0.3 is 0 Å². The fourth-order valence-corrected chi connectivity index (χ4v) is 7.19. The topological polar surface area (TPSA) is 67.2 Å². The van der Waals surface area contributed by atoms with Gasteiger partial charge in [-0.3, -0.25) is 14.5 Å². The molecule has 2 amide bonds. The highest BCUT2D eigenvalue weighted by molar-refractivity contribution is 8.00. The number of thioether (sulfide) groups is 1. The number of halogens is 1. The molecule has 9 heteroatoms. The second kappa shape index (κ2) is 12.0. The number of nitrogens with zero attached hydrogens (tertiary/aromatic N) is 3. The van der Waals surface area contributed by atoms with Crippen LogP contribution in [-0.4, -0.2) is 33.9 Å². The molecule has 0 fully saturated rings. The average molecular weight is 597 g/mol. The van der Waals surface area contributed by atoms with Crippen molar-refractivity contribution in [3.05, 3.63) is 123 Å². The van der Waals surface area contributed by atoms with Crippen molar-refractivity contribution in [1.29, 1.82) is 0 Å². The second-order valence-corrected chi connectivity index (χ2v) is 12.2. The Kier molecular flexibility index (Phi) is 7.95. The minimum absolute atomic E-state index is 0.155. The Morgan fingerprint density at radius 2 is 1.83 bits per heavy atom. The molecule has 0 bridgehead atoms. The molecular weight excluding hydrogens is 568 g/mol. The van der Waals surface area contributed by atoms with Crippen LogP contribution in [0.25, 0.3) is 16.9 Å². The monoisotopic (exact) mass is 596 g/mol. The summed E-state index contributed by atoms with van der Waals surface area (Å²) in [4.78, 5) is 28.8. The van der Waals surface area contributed by atoms with Gasteiger partial charge in [0.25, 0.3) is 0 Å². The summed E-state index contributed by atoms with van der Waals surface area (Å²) in [6.07, 6.45) is 0. The van der Waals surface area contributed by atoms with Crippen LogP contribution in [0, 0.1) is 19.7 Å². The Hall–Kier alpha value is -4.21. The molecule has 2 aromatic heterocycles. The second-order valence-electron chi connectivity index (χ2n) is 10.3. The van der Waals surface area contributed by atoms with Gasteiger partial charge in [-0.2, -0.15) is 16.4 Å². The van der Waals surface area contributed by atoms with Gasteiger partial charge in [0.1, 0.15) is 18.2 Å². The standard InChI is InChI=1S/C33H29FN4O2S2/c1-21-8-13-27(22(2)16-21)38-33-30(31(36-38)24-6-4-3-5-7-24)32(25-14-15-41-19-25)42-20-29(40)37(33)18-28(39)35-17-23-9-11-26(34)12-10-23/h3-16,19,32H,17-18,20H2,1-2H3,(H,35,39)/t32-/m1/s1. The number of amides is 2. The summed E-state index contributed by atoms with van der Waals surface area (Å²) >= 11 is 3.17. The first-order valence-electron chi connectivity index (χ1n) is 13.6. The van der Waals surface area contributed by atoms with Gasteiger partial charge in [-0.1, -0.05) is 60.2 Å². The number of carbonyl (C=O) groups excluding carboxylic acids is 2. The fourth-order valence-electron chi connectivity index (χ4n) is 5.23. The van der Waals surface area contributed by atoms with Crippen molar-refractivity contribution in [1.82, 2.24) is 15.1 Å². The summed E-state index contributed by atoms with van der Waals surface area (Å²) in [5.41, 5.74) is 7.47. The lowest BCUT2D eigenvalue weighted by molar-refractivity contribution is -0.123. The zero-order valence-electron chi connectivity index (χ0n) is 23.2. The van der Waals surface area contributed by atoms with E-state index in [1.807, 2.05) is 66.4 Å². The number of carbonyl (C=O) groups is 2. The maximum absolute atomic E-state index is 13.9. The lowest BCUT2D eigenvalue weighted by atomic mass is 10.0. The van der Waals surface area contributed by atoms with Gasteiger partial charge in [0, 0.05) is 17.7 Å². The summed E-state index contributed by atoms with van der Waals surface area (Å²) in [7, 11) is 0. The lowest BCUT2D eigenvalue weighted by Crippen LogP contribution is -2.42. The highest BCUT2D eigenvalue weighted by atomic mass is 32.2. The van der Waals surface area contributed by atoms with Crippen LogP contribution in [0.2, 0.25) is 0 Å². The molecule has 212 valence electrons. The fraction of sp³-hybridized carbons (Fsp3) is 0.182. The van der Waals surface area contributed by atoms with E-state index < -0.39 is 0 Å². The van der Waals surface area contributed by atoms with Gasteiger partial charge in [0.05, 0.1) is 22.4 Å². The molecule has 0 radical (unpaired) electrons. The molecule has 0 unspecified atom stereocenters. The smallest absolute Gasteiger partial charge is 0.240 e. The Morgan fingerprint density at radius 3 is 2.55 bits per heavy atom. The highest BCUT2D eigenvalue weighted by Gasteiger charge is 2.38. The molecule has 1 atom stereocenters. The third-order valence-corrected chi connectivity index (χ3v) is 9.22. The number of hydrogen-bond donors (Lipinski definition) is 1. The van der Waals surface area contributed by atoms with Crippen LogP contribution in [0.4, 0.5) is 10.2 Å². The zero-order chi connectivity index (χ0) is 29.2. The molecule has 42 heavy (non-hydrogen) atoms. The highest BCUT2D eigenvalue weighted by Crippen LogP contribution is 2.49. The van der Waals surface area contributed by atoms with E-state index in [0.717, 1.165) is 44.8 Å². The summed E-state index contributed by atoms with van der Waals surface area (Å²) in [5.74, 6) is -0.00129. The van der Waals surface area contributed by atoms with Crippen LogP contribution < -0.4 is 10.2 Å². The number of anilines is 1. The van der Waals surface area contributed by atoms with E-state index in [2.05, 4.69) is 22.8 Å². The predicted octanol–water partition coefficient (Wildman–Crippen LogP) is 6.84. The van der Waals surface area contributed by atoms with Gasteiger partial charge in [-0.15, -0.1) is 11.8 Å². The Balaban J connectivity index is 1.50. The minimum atomic E-state index is -0.334. The van der Waals surface area contributed by atoms with Gasteiger partial charge in [-0.05, 0) is 65.6 Å². The molecule has 6 nitrogen and oxygen atoms in total. The van der Waals surface area contributed by atoms with Crippen LogP contribution in [0.1, 0.15) is 33.1 Å².